The lowest BCUT2D eigenvalue weighted by Crippen LogP contribution is -2.24. The van der Waals surface area contributed by atoms with Crippen molar-refractivity contribution in [1.82, 2.24) is 4.98 Å². The van der Waals surface area contributed by atoms with Crippen molar-refractivity contribution >= 4 is 23.4 Å². The Bertz CT molecular complexity index is 718. The van der Waals surface area contributed by atoms with Gasteiger partial charge in [-0.05, 0) is 18.8 Å². The summed E-state index contributed by atoms with van der Waals surface area (Å²) in [7, 11) is 0. The number of aromatic nitrogens is 1. The number of alkyl halides is 2. The van der Waals surface area contributed by atoms with E-state index in [9.17, 15) is 13.6 Å². The zero-order valence-electron chi connectivity index (χ0n) is 12.2. The van der Waals surface area contributed by atoms with Gasteiger partial charge in [-0.25, -0.2) is 13.8 Å². The molecule has 1 aromatic rings. The van der Waals surface area contributed by atoms with Gasteiger partial charge in [0.1, 0.15) is 17.0 Å². The van der Waals surface area contributed by atoms with Gasteiger partial charge < -0.3 is 10.0 Å². The van der Waals surface area contributed by atoms with E-state index in [-0.39, 0.29) is 41.5 Å². The molecule has 1 fully saturated rings. The number of carboxylic acid groups (broad SMARTS) is 1. The van der Waals surface area contributed by atoms with E-state index in [1.807, 2.05) is 0 Å². The number of anilines is 1. The summed E-state index contributed by atoms with van der Waals surface area (Å²) < 4.78 is 28.3. The van der Waals surface area contributed by atoms with Gasteiger partial charge in [-0.15, -0.1) is 0 Å². The fourth-order valence-electron chi connectivity index (χ4n) is 3.43. The second-order valence-electron chi connectivity index (χ2n) is 5.97. The zero-order valence-corrected chi connectivity index (χ0v) is 12.9. The first kappa shape index (κ1) is 15.9. The summed E-state index contributed by atoms with van der Waals surface area (Å²) in [5, 5.41) is 17.8. The van der Waals surface area contributed by atoms with Gasteiger partial charge in [-0.3, -0.25) is 4.79 Å². The minimum absolute atomic E-state index is 0.0405. The molecule has 0 aromatic carbocycles. The average Bonchev–Trinajstić information content (AvgIpc) is 3.03. The second kappa shape index (κ2) is 5.60. The molecule has 5 nitrogen and oxygen atoms in total. The Labute approximate surface area is 136 Å². The van der Waals surface area contributed by atoms with Crippen LogP contribution in [-0.2, 0) is 17.1 Å². The van der Waals surface area contributed by atoms with Gasteiger partial charge in [0, 0.05) is 37.1 Å². The molecular weight excluding hydrogens is 328 g/mol. The molecule has 1 unspecified atom stereocenters. The Morgan fingerprint density at radius 3 is 2.96 bits per heavy atom. The molecule has 1 saturated heterocycles. The van der Waals surface area contributed by atoms with Gasteiger partial charge in [0.2, 0.25) is 0 Å². The number of hydrogen-bond acceptors (Lipinski definition) is 4. The lowest BCUT2D eigenvalue weighted by Gasteiger charge is -2.22. The lowest BCUT2D eigenvalue weighted by molar-refractivity contribution is -0.137. The molecule has 2 heterocycles. The number of carboxylic acids is 1. The summed E-state index contributed by atoms with van der Waals surface area (Å²) in [4.78, 5) is 16.8. The minimum Gasteiger partial charge on any atom is -0.481 e. The van der Waals surface area contributed by atoms with Crippen LogP contribution in [0.4, 0.5) is 14.6 Å². The fourth-order valence-corrected chi connectivity index (χ4v) is 3.65. The SMILES string of the molecule is N#Cc1c(Cl)nc(N2CCC(CC(=O)O)C2)c2c1C(F)(F)CC2. The quantitative estimate of drug-likeness (QED) is 0.855. The van der Waals surface area contributed by atoms with Crippen molar-refractivity contribution in [1.29, 1.82) is 5.26 Å². The lowest BCUT2D eigenvalue weighted by atomic mass is 10.0. The first-order valence-corrected chi connectivity index (χ1v) is 7.68. The molecule has 1 aliphatic heterocycles. The summed E-state index contributed by atoms with van der Waals surface area (Å²) in [6.45, 7) is 0.991. The predicted octanol–water partition coefficient (Wildman–Crippen LogP) is 2.95. The first-order valence-electron chi connectivity index (χ1n) is 7.31. The number of nitrogens with zero attached hydrogens (tertiary/aromatic N) is 3. The van der Waals surface area contributed by atoms with Crippen molar-refractivity contribution in [2.24, 2.45) is 5.92 Å². The number of carbonyl (C=O) groups is 1. The van der Waals surface area contributed by atoms with E-state index >= 15 is 0 Å². The van der Waals surface area contributed by atoms with Crippen molar-refractivity contribution in [3.05, 3.63) is 21.8 Å². The third-order valence-electron chi connectivity index (χ3n) is 4.45. The molecule has 0 spiro atoms. The van der Waals surface area contributed by atoms with Crippen LogP contribution in [0.3, 0.4) is 0 Å². The van der Waals surface area contributed by atoms with Crippen molar-refractivity contribution in [2.75, 3.05) is 18.0 Å². The number of aliphatic carboxylic acids is 1. The summed E-state index contributed by atoms with van der Waals surface area (Å²) in [5.41, 5.74) is -0.196. The Kier molecular flexibility index (Phi) is 3.88. The highest BCUT2D eigenvalue weighted by molar-refractivity contribution is 6.30. The molecule has 0 radical (unpaired) electrons. The molecule has 1 atom stereocenters. The molecule has 3 rings (SSSR count). The molecule has 122 valence electrons. The van der Waals surface area contributed by atoms with Crippen molar-refractivity contribution in [3.63, 3.8) is 0 Å². The Hall–Kier alpha value is -1.94. The van der Waals surface area contributed by atoms with Crippen molar-refractivity contribution in [2.45, 2.75) is 31.6 Å². The van der Waals surface area contributed by atoms with Gasteiger partial charge in [0.25, 0.3) is 5.92 Å². The zero-order chi connectivity index (χ0) is 16.8. The average molecular weight is 342 g/mol. The molecule has 1 N–H and O–H groups in total. The highest BCUT2D eigenvalue weighted by Crippen LogP contribution is 2.48. The summed E-state index contributed by atoms with van der Waals surface area (Å²) in [5.74, 6) is -3.63. The van der Waals surface area contributed by atoms with Crippen LogP contribution in [0.2, 0.25) is 5.15 Å². The van der Waals surface area contributed by atoms with E-state index in [1.54, 1.807) is 11.0 Å². The maximum Gasteiger partial charge on any atom is 0.303 e. The number of hydrogen-bond donors (Lipinski definition) is 1. The van der Waals surface area contributed by atoms with E-state index in [4.69, 9.17) is 22.0 Å². The van der Waals surface area contributed by atoms with Gasteiger partial charge in [0.05, 0.1) is 5.56 Å². The predicted molar refractivity (Wildman–Crippen MR) is 78.7 cm³/mol. The summed E-state index contributed by atoms with van der Waals surface area (Å²) in [6, 6.07) is 1.73. The Balaban J connectivity index is 2.00. The van der Waals surface area contributed by atoms with Crippen LogP contribution in [0.25, 0.3) is 0 Å². The maximum absolute atomic E-state index is 14.1. The van der Waals surface area contributed by atoms with Gasteiger partial charge in [-0.1, -0.05) is 11.6 Å². The maximum atomic E-state index is 14.1. The smallest absolute Gasteiger partial charge is 0.303 e. The number of nitriles is 1. The monoisotopic (exact) mass is 341 g/mol. The van der Waals surface area contributed by atoms with Crippen LogP contribution >= 0.6 is 11.6 Å². The normalized spacial score (nSPS) is 22.0. The van der Waals surface area contributed by atoms with Crippen LogP contribution in [0.5, 0.6) is 0 Å². The van der Waals surface area contributed by atoms with Crippen LogP contribution in [0.15, 0.2) is 0 Å². The van der Waals surface area contributed by atoms with Crippen molar-refractivity contribution in [3.8, 4) is 6.07 Å². The molecule has 23 heavy (non-hydrogen) atoms. The molecule has 2 aliphatic rings. The summed E-state index contributed by atoms with van der Waals surface area (Å²) in [6.07, 6.45) is 0.477. The molecule has 0 bridgehead atoms. The first-order chi connectivity index (χ1) is 10.8. The molecular formula is C15H14ClF2N3O2. The van der Waals surface area contributed by atoms with Gasteiger partial charge in [0.15, 0.2) is 0 Å². The molecule has 8 heteroatoms. The third kappa shape index (κ3) is 2.72. The van der Waals surface area contributed by atoms with Gasteiger partial charge >= 0.3 is 5.97 Å². The molecule has 1 aliphatic carbocycles. The van der Waals surface area contributed by atoms with Crippen LogP contribution in [0.1, 0.15) is 36.0 Å². The highest BCUT2D eigenvalue weighted by Gasteiger charge is 2.45. The standard InChI is InChI=1S/C15H14ClF2N3O2/c16-13-10(6-19)12-9(1-3-15(12,17)18)14(20-13)21-4-2-8(7-21)5-11(22)23/h8H,1-5,7H2,(H,22,23). The van der Waals surface area contributed by atoms with E-state index < -0.39 is 11.9 Å². The van der Waals surface area contributed by atoms with E-state index in [2.05, 4.69) is 4.98 Å². The van der Waals surface area contributed by atoms with E-state index in [0.29, 0.717) is 30.9 Å². The molecule has 0 saturated carbocycles. The van der Waals surface area contributed by atoms with Crippen LogP contribution < -0.4 is 4.90 Å². The fraction of sp³-hybridized carbons (Fsp3) is 0.533. The molecule has 0 amide bonds. The molecule has 1 aromatic heterocycles. The van der Waals surface area contributed by atoms with Crippen LogP contribution in [-0.4, -0.2) is 29.1 Å². The summed E-state index contributed by atoms with van der Waals surface area (Å²) >= 11 is 5.95. The van der Waals surface area contributed by atoms with Gasteiger partial charge in [-0.2, -0.15) is 5.26 Å². The number of rotatable bonds is 3. The third-order valence-corrected chi connectivity index (χ3v) is 4.72. The number of halogens is 3. The van der Waals surface area contributed by atoms with E-state index in [0.717, 1.165) is 0 Å². The second-order valence-corrected chi connectivity index (χ2v) is 6.33. The van der Waals surface area contributed by atoms with Crippen LogP contribution in [0, 0.1) is 17.2 Å². The minimum atomic E-state index is -3.08. The van der Waals surface area contributed by atoms with Crippen molar-refractivity contribution < 1.29 is 18.7 Å². The Morgan fingerprint density at radius 2 is 2.30 bits per heavy atom. The topological polar surface area (TPSA) is 77.2 Å². The number of pyridine rings is 1. The number of fused-ring (bicyclic) bond motifs is 1. The highest BCUT2D eigenvalue weighted by atomic mass is 35.5. The van der Waals surface area contributed by atoms with E-state index in [1.165, 1.54) is 0 Å². The largest absolute Gasteiger partial charge is 0.481 e. The Morgan fingerprint density at radius 1 is 1.57 bits per heavy atom.